The van der Waals surface area contributed by atoms with Crippen LogP contribution in [0.2, 0.25) is 5.02 Å². The van der Waals surface area contributed by atoms with Crippen molar-refractivity contribution in [3.8, 4) is 10.6 Å². The highest BCUT2D eigenvalue weighted by atomic mass is 35.5. The van der Waals surface area contributed by atoms with E-state index in [0.717, 1.165) is 40.4 Å². The average molecular weight is 465 g/mol. The highest BCUT2D eigenvalue weighted by Gasteiger charge is 2.34. The number of halogens is 1. The zero-order chi connectivity index (χ0) is 22.1. The average Bonchev–Trinajstić information content (AvgIpc) is 3.56. The molecule has 3 aromatic heterocycles. The molecule has 0 N–H and O–H groups in total. The summed E-state index contributed by atoms with van der Waals surface area (Å²) in [6.45, 7) is 2.63. The fourth-order valence-electron chi connectivity index (χ4n) is 4.00. The predicted molar refractivity (Wildman–Crippen MR) is 124 cm³/mol. The van der Waals surface area contributed by atoms with Crippen LogP contribution in [0.5, 0.6) is 0 Å². The molecule has 0 radical (unpaired) electrons. The van der Waals surface area contributed by atoms with Crippen molar-refractivity contribution < 1.29 is 9.21 Å². The molecule has 8 heteroatoms. The molecule has 1 aromatic carbocycles. The lowest BCUT2D eigenvalue weighted by Gasteiger charge is -2.22. The minimum absolute atomic E-state index is 0.0509. The van der Waals surface area contributed by atoms with Crippen molar-refractivity contribution in [2.75, 3.05) is 6.54 Å². The van der Waals surface area contributed by atoms with Crippen LogP contribution < -0.4 is 0 Å². The van der Waals surface area contributed by atoms with Gasteiger partial charge in [-0.15, -0.1) is 11.3 Å². The summed E-state index contributed by atoms with van der Waals surface area (Å²) >= 11 is 7.51. The van der Waals surface area contributed by atoms with Crippen LogP contribution in [0.4, 0.5) is 0 Å². The third-order valence-electron chi connectivity index (χ3n) is 5.65. The number of carbonyl (C=O) groups excluding carboxylic acids is 1. The third-order valence-corrected chi connectivity index (χ3v) is 6.85. The molecule has 32 heavy (non-hydrogen) atoms. The number of oxazole rings is 1. The van der Waals surface area contributed by atoms with E-state index in [-0.39, 0.29) is 11.9 Å². The molecule has 0 spiro atoms. The highest BCUT2D eigenvalue weighted by Crippen LogP contribution is 2.33. The second-order valence-electron chi connectivity index (χ2n) is 7.82. The zero-order valence-electron chi connectivity index (χ0n) is 17.5. The van der Waals surface area contributed by atoms with Gasteiger partial charge in [0.25, 0.3) is 5.91 Å². The molecule has 5 rings (SSSR count). The summed E-state index contributed by atoms with van der Waals surface area (Å²) in [6.07, 6.45) is 5.77. The molecule has 1 saturated heterocycles. The number of amides is 1. The molecule has 4 aromatic rings. The third kappa shape index (κ3) is 4.18. The first-order chi connectivity index (χ1) is 15.6. The van der Waals surface area contributed by atoms with Crippen molar-refractivity contribution in [2.24, 2.45) is 0 Å². The van der Waals surface area contributed by atoms with E-state index in [1.165, 1.54) is 0 Å². The molecular formula is C24H21ClN4O2S. The van der Waals surface area contributed by atoms with Gasteiger partial charge in [0.05, 0.1) is 33.5 Å². The van der Waals surface area contributed by atoms with Crippen LogP contribution in [0.25, 0.3) is 10.6 Å². The van der Waals surface area contributed by atoms with Crippen molar-refractivity contribution >= 4 is 28.8 Å². The van der Waals surface area contributed by atoms with Gasteiger partial charge in [-0.2, -0.15) is 0 Å². The minimum Gasteiger partial charge on any atom is -0.443 e. The van der Waals surface area contributed by atoms with Crippen LogP contribution >= 0.6 is 22.9 Å². The van der Waals surface area contributed by atoms with Crippen LogP contribution in [-0.2, 0) is 6.42 Å². The first-order valence-electron chi connectivity index (χ1n) is 10.4. The zero-order valence-corrected chi connectivity index (χ0v) is 19.1. The summed E-state index contributed by atoms with van der Waals surface area (Å²) in [6, 6.07) is 11.2. The second-order valence-corrected chi connectivity index (χ2v) is 9.11. The van der Waals surface area contributed by atoms with Crippen LogP contribution in [0.3, 0.4) is 0 Å². The number of aryl methyl sites for hydroxylation is 1. The smallest absolute Gasteiger partial charge is 0.256 e. The Morgan fingerprint density at radius 2 is 2.00 bits per heavy atom. The molecule has 1 fully saturated rings. The van der Waals surface area contributed by atoms with Gasteiger partial charge >= 0.3 is 0 Å². The fourth-order valence-corrected chi connectivity index (χ4v) is 4.90. The summed E-state index contributed by atoms with van der Waals surface area (Å²) in [5.41, 5.74) is 5.24. The van der Waals surface area contributed by atoms with Gasteiger partial charge in [0.15, 0.2) is 0 Å². The van der Waals surface area contributed by atoms with E-state index in [1.807, 2.05) is 48.2 Å². The standard InChI is InChI=1S/C24H21ClN4O2S/c1-15-22(32-14-28-15)20-9-6-17(12-26-20)24(30)29-10-2-3-21(29)23-27-13-19(31-23)11-16-4-7-18(25)8-5-16/h4-9,12-14,21H,2-3,10-11H2,1H3/t21-/m0/s1. The van der Waals surface area contributed by atoms with Gasteiger partial charge in [-0.05, 0) is 49.6 Å². The molecule has 0 unspecified atom stereocenters. The molecule has 0 bridgehead atoms. The maximum atomic E-state index is 13.2. The molecule has 1 aliphatic rings. The summed E-state index contributed by atoms with van der Waals surface area (Å²) in [5.74, 6) is 1.31. The van der Waals surface area contributed by atoms with Crippen molar-refractivity contribution in [3.63, 3.8) is 0 Å². The lowest BCUT2D eigenvalue weighted by molar-refractivity contribution is 0.0714. The fraction of sp³-hybridized carbons (Fsp3) is 0.250. The summed E-state index contributed by atoms with van der Waals surface area (Å²) in [4.78, 5) is 29.3. The minimum atomic E-state index is -0.162. The molecule has 1 atom stereocenters. The Labute approximate surface area is 194 Å². The number of thiazole rings is 1. The number of hydrogen-bond donors (Lipinski definition) is 0. The van der Waals surface area contributed by atoms with Crippen molar-refractivity contribution in [2.45, 2.75) is 32.2 Å². The Morgan fingerprint density at radius 3 is 2.72 bits per heavy atom. The number of hydrogen-bond acceptors (Lipinski definition) is 6. The number of carbonyl (C=O) groups is 1. The van der Waals surface area contributed by atoms with E-state index in [0.29, 0.717) is 29.4 Å². The Balaban J connectivity index is 1.31. The maximum absolute atomic E-state index is 13.2. The van der Waals surface area contributed by atoms with Crippen molar-refractivity contribution in [3.05, 3.63) is 87.8 Å². The summed E-state index contributed by atoms with van der Waals surface area (Å²) in [7, 11) is 0. The van der Waals surface area contributed by atoms with Crippen LogP contribution in [0.1, 0.15) is 52.1 Å². The molecule has 0 saturated carbocycles. The molecule has 1 aliphatic heterocycles. The predicted octanol–water partition coefficient (Wildman–Crippen LogP) is 5.72. The van der Waals surface area contributed by atoms with E-state index in [4.69, 9.17) is 16.0 Å². The summed E-state index contributed by atoms with van der Waals surface area (Å²) < 4.78 is 6.04. The maximum Gasteiger partial charge on any atom is 0.256 e. The van der Waals surface area contributed by atoms with E-state index >= 15 is 0 Å². The number of aromatic nitrogens is 3. The molecular weight excluding hydrogens is 444 g/mol. The van der Waals surface area contributed by atoms with Gasteiger partial charge < -0.3 is 9.32 Å². The Kier molecular flexibility index (Phi) is 5.76. The van der Waals surface area contributed by atoms with E-state index in [9.17, 15) is 4.79 Å². The second kappa shape index (κ2) is 8.84. The van der Waals surface area contributed by atoms with Gasteiger partial charge in [-0.25, -0.2) is 9.97 Å². The molecule has 162 valence electrons. The monoisotopic (exact) mass is 464 g/mol. The Hall–Kier alpha value is -3.03. The first-order valence-corrected chi connectivity index (χ1v) is 11.7. The number of pyridine rings is 1. The van der Waals surface area contributed by atoms with E-state index in [2.05, 4.69) is 15.0 Å². The number of rotatable bonds is 5. The van der Waals surface area contributed by atoms with Crippen LogP contribution in [-0.4, -0.2) is 32.3 Å². The van der Waals surface area contributed by atoms with Crippen molar-refractivity contribution in [1.82, 2.24) is 19.9 Å². The van der Waals surface area contributed by atoms with Gasteiger partial charge in [0.1, 0.15) is 11.8 Å². The quantitative estimate of drug-likeness (QED) is 0.377. The van der Waals surface area contributed by atoms with E-state index in [1.54, 1.807) is 29.2 Å². The number of likely N-dealkylation sites (tertiary alicyclic amines) is 1. The van der Waals surface area contributed by atoms with Gasteiger partial charge in [0, 0.05) is 24.2 Å². The number of nitrogens with zero attached hydrogens (tertiary/aromatic N) is 4. The molecule has 6 nitrogen and oxygen atoms in total. The van der Waals surface area contributed by atoms with E-state index < -0.39 is 0 Å². The largest absolute Gasteiger partial charge is 0.443 e. The van der Waals surface area contributed by atoms with Crippen LogP contribution in [0.15, 0.2) is 58.7 Å². The Morgan fingerprint density at radius 1 is 1.16 bits per heavy atom. The normalized spacial score (nSPS) is 15.9. The topological polar surface area (TPSA) is 72.1 Å². The Bertz CT molecular complexity index is 1230. The first kappa shape index (κ1) is 20.8. The molecule has 1 amide bonds. The van der Waals surface area contributed by atoms with Crippen LogP contribution in [0, 0.1) is 6.92 Å². The van der Waals surface area contributed by atoms with Gasteiger partial charge in [0.2, 0.25) is 5.89 Å². The van der Waals surface area contributed by atoms with Gasteiger partial charge in [-0.3, -0.25) is 9.78 Å². The lowest BCUT2D eigenvalue weighted by atomic mass is 10.1. The SMILES string of the molecule is Cc1ncsc1-c1ccc(C(=O)N2CCC[C@H]2c2ncc(Cc3ccc(Cl)cc3)o2)cn1. The molecule has 4 heterocycles. The summed E-state index contributed by atoms with van der Waals surface area (Å²) in [5, 5.41) is 0.705. The molecule has 0 aliphatic carbocycles. The van der Waals surface area contributed by atoms with Crippen molar-refractivity contribution in [1.29, 1.82) is 0 Å². The highest BCUT2D eigenvalue weighted by molar-refractivity contribution is 7.13. The van der Waals surface area contributed by atoms with Gasteiger partial charge in [-0.1, -0.05) is 23.7 Å². The lowest BCUT2D eigenvalue weighted by Crippen LogP contribution is -2.30. The number of benzene rings is 1.